The molecule has 0 bridgehead atoms. The van der Waals surface area contributed by atoms with E-state index in [0.29, 0.717) is 11.8 Å². The first-order valence-corrected chi connectivity index (χ1v) is 9.49. The van der Waals surface area contributed by atoms with Gasteiger partial charge in [-0.1, -0.05) is 27.7 Å². The van der Waals surface area contributed by atoms with Crippen LogP contribution in [0.15, 0.2) is 79.7 Å². The highest BCUT2D eigenvalue weighted by Gasteiger charge is 2.32. The Hall–Kier alpha value is -2.52. The highest BCUT2D eigenvalue weighted by molar-refractivity contribution is 9.10. The van der Waals surface area contributed by atoms with Crippen LogP contribution in [0.5, 0.6) is 0 Å². The minimum absolute atomic E-state index is 0.402. The monoisotopic (exact) mass is 468 g/mol. The van der Waals surface area contributed by atoms with Crippen LogP contribution in [0.3, 0.4) is 0 Å². The molecule has 0 saturated heterocycles. The molecule has 28 heavy (non-hydrogen) atoms. The molecular weight excluding hydrogens is 457 g/mol. The molecule has 9 heteroatoms. The van der Waals surface area contributed by atoms with Gasteiger partial charge in [-0.25, -0.2) is 0 Å². The summed E-state index contributed by atoms with van der Waals surface area (Å²) in [6, 6.07) is 16.2. The number of anilines is 1. The van der Waals surface area contributed by atoms with Crippen molar-refractivity contribution < 1.29 is 18.0 Å². The van der Waals surface area contributed by atoms with Crippen molar-refractivity contribution in [3.05, 3.63) is 86.7 Å². The van der Waals surface area contributed by atoms with E-state index in [1.54, 1.807) is 29.2 Å². The smallest absolute Gasteiger partial charge is 0.322 e. The van der Waals surface area contributed by atoms with E-state index in [9.17, 15) is 22.8 Å². The third kappa shape index (κ3) is 5.05. The predicted molar refractivity (Wildman–Crippen MR) is 105 cm³/mol. The van der Waals surface area contributed by atoms with Gasteiger partial charge in [-0.2, -0.15) is 13.2 Å². The van der Waals surface area contributed by atoms with Gasteiger partial charge in [0.05, 0.1) is 0 Å². The van der Waals surface area contributed by atoms with Crippen molar-refractivity contribution in [1.82, 2.24) is 4.98 Å². The van der Waals surface area contributed by atoms with Crippen molar-refractivity contribution in [2.75, 3.05) is 5.32 Å². The lowest BCUT2D eigenvalue weighted by atomic mass is 10.2. The number of alkyl halides is 3. The SMILES string of the molecule is O=C(Nc1ccc(Sc2ccc(Br)cc2)cc1)c1ccc(C(F)(F)F)[nH]c1=O. The van der Waals surface area contributed by atoms with Crippen molar-refractivity contribution in [3.63, 3.8) is 0 Å². The van der Waals surface area contributed by atoms with E-state index in [0.717, 1.165) is 20.3 Å². The number of carbonyl (C=O) groups is 1. The molecule has 0 radical (unpaired) electrons. The van der Waals surface area contributed by atoms with Gasteiger partial charge in [0.1, 0.15) is 11.3 Å². The average Bonchev–Trinajstić information content (AvgIpc) is 2.64. The number of aromatic amines is 1. The zero-order valence-corrected chi connectivity index (χ0v) is 16.4. The van der Waals surface area contributed by atoms with Gasteiger partial charge in [0.25, 0.3) is 11.5 Å². The molecule has 3 rings (SSSR count). The first kappa shape index (κ1) is 20.2. The van der Waals surface area contributed by atoms with E-state index in [1.165, 1.54) is 11.8 Å². The molecule has 144 valence electrons. The van der Waals surface area contributed by atoms with Crippen LogP contribution in [-0.2, 0) is 6.18 Å². The molecule has 0 aliphatic carbocycles. The topological polar surface area (TPSA) is 62.0 Å². The maximum absolute atomic E-state index is 12.6. The number of hydrogen-bond acceptors (Lipinski definition) is 3. The van der Waals surface area contributed by atoms with E-state index in [-0.39, 0.29) is 0 Å². The average molecular weight is 469 g/mol. The maximum Gasteiger partial charge on any atom is 0.431 e. The Morgan fingerprint density at radius 1 is 0.929 bits per heavy atom. The Bertz CT molecular complexity index is 1050. The number of benzene rings is 2. The normalized spacial score (nSPS) is 11.3. The van der Waals surface area contributed by atoms with Crippen LogP contribution < -0.4 is 10.9 Å². The van der Waals surface area contributed by atoms with E-state index in [2.05, 4.69) is 21.2 Å². The number of hydrogen-bond donors (Lipinski definition) is 2. The van der Waals surface area contributed by atoms with Gasteiger partial charge in [-0.3, -0.25) is 9.59 Å². The molecule has 4 nitrogen and oxygen atoms in total. The Labute approximate surface area is 170 Å². The largest absolute Gasteiger partial charge is 0.431 e. The highest BCUT2D eigenvalue weighted by atomic mass is 79.9. The second-order valence-electron chi connectivity index (χ2n) is 5.65. The number of amides is 1. The summed E-state index contributed by atoms with van der Waals surface area (Å²) in [5.41, 5.74) is -2.29. The third-order valence-corrected chi connectivity index (χ3v) is 5.17. The quantitative estimate of drug-likeness (QED) is 0.526. The molecule has 0 unspecified atom stereocenters. The summed E-state index contributed by atoms with van der Waals surface area (Å²) < 4.78 is 38.7. The Morgan fingerprint density at radius 2 is 1.50 bits per heavy atom. The number of nitrogens with one attached hydrogen (secondary N) is 2. The standard InChI is InChI=1S/C19H12BrF3N2O2S/c20-11-1-5-13(6-2-11)28-14-7-3-12(4-8-14)24-17(26)15-9-10-16(19(21,22)23)25-18(15)27/h1-10H,(H,24,26)(H,25,27). The summed E-state index contributed by atoms with van der Waals surface area (Å²) in [6.45, 7) is 0. The molecule has 2 N–H and O–H groups in total. The number of rotatable bonds is 4. The van der Waals surface area contributed by atoms with Crippen LogP contribution in [0.2, 0.25) is 0 Å². The molecule has 0 aliphatic heterocycles. The first-order valence-electron chi connectivity index (χ1n) is 7.88. The zero-order chi connectivity index (χ0) is 20.3. The van der Waals surface area contributed by atoms with Crippen molar-refractivity contribution in [1.29, 1.82) is 0 Å². The minimum Gasteiger partial charge on any atom is -0.322 e. The van der Waals surface area contributed by atoms with Gasteiger partial charge >= 0.3 is 6.18 Å². The molecule has 1 amide bonds. The summed E-state index contributed by atoms with van der Waals surface area (Å²) in [5.74, 6) is -0.789. The maximum atomic E-state index is 12.6. The number of H-pyrrole nitrogens is 1. The van der Waals surface area contributed by atoms with Crippen molar-refractivity contribution in [2.45, 2.75) is 16.0 Å². The van der Waals surface area contributed by atoms with Gasteiger partial charge in [-0.05, 0) is 60.7 Å². The number of carbonyl (C=O) groups excluding carboxylic acids is 1. The van der Waals surface area contributed by atoms with Gasteiger partial charge in [0.15, 0.2) is 0 Å². The highest BCUT2D eigenvalue weighted by Crippen LogP contribution is 2.29. The van der Waals surface area contributed by atoms with Crippen LogP contribution in [0.25, 0.3) is 0 Å². The molecule has 2 aromatic carbocycles. The predicted octanol–water partition coefficient (Wildman–Crippen LogP) is 5.56. The second-order valence-corrected chi connectivity index (χ2v) is 7.71. The summed E-state index contributed by atoms with van der Waals surface area (Å²) in [7, 11) is 0. The van der Waals surface area contributed by atoms with Crippen LogP contribution in [0.4, 0.5) is 18.9 Å². The van der Waals surface area contributed by atoms with E-state index in [1.807, 2.05) is 24.3 Å². The fourth-order valence-corrected chi connectivity index (χ4v) is 3.34. The van der Waals surface area contributed by atoms with Crippen molar-refractivity contribution >= 4 is 39.3 Å². The Kier molecular flexibility index (Phi) is 5.95. The van der Waals surface area contributed by atoms with Crippen LogP contribution >= 0.6 is 27.7 Å². The van der Waals surface area contributed by atoms with Gasteiger partial charge in [0.2, 0.25) is 0 Å². The van der Waals surface area contributed by atoms with Crippen LogP contribution in [0.1, 0.15) is 16.1 Å². The summed E-state index contributed by atoms with van der Waals surface area (Å²) >= 11 is 4.90. The molecule has 1 heterocycles. The van der Waals surface area contributed by atoms with Gasteiger partial charge < -0.3 is 10.3 Å². The Morgan fingerprint density at radius 3 is 2.04 bits per heavy atom. The summed E-state index contributed by atoms with van der Waals surface area (Å²) in [5, 5.41) is 2.50. The van der Waals surface area contributed by atoms with E-state index >= 15 is 0 Å². The molecule has 0 atom stereocenters. The molecule has 0 fully saturated rings. The molecule has 1 aromatic heterocycles. The lowest BCUT2D eigenvalue weighted by molar-refractivity contribution is -0.141. The third-order valence-electron chi connectivity index (χ3n) is 3.62. The number of pyridine rings is 1. The molecular formula is C19H12BrF3N2O2S. The minimum atomic E-state index is -4.68. The van der Waals surface area contributed by atoms with E-state index < -0.39 is 28.9 Å². The molecule has 0 saturated carbocycles. The lowest BCUT2D eigenvalue weighted by Gasteiger charge is -2.08. The fraction of sp³-hybridized carbons (Fsp3) is 0.0526. The van der Waals surface area contributed by atoms with Crippen molar-refractivity contribution in [2.24, 2.45) is 0 Å². The fourth-order valence-electron chi connectivity index (χ4n) is 2.26. The number of aromatic nitrogens is 1. The van der Waals surface area contributed by atoms with Gasteiger partial charge in [-0.15, -0.1) is 0 Å². The Balaban J connectivity index is 1.69. The number of halogens is 4. The van der Waals surface area contributed by atoms with Gasteiger partial charge in [0, 0.05) is 20.0 Å². The first-order chi connectivity index (χ1) is 13.2. The lowest BCUT2D eigenvalue weighted by Crippen LogP contribution is -2.25. The summed E-state index contributed by atoms with van der Waals surface area (Å²) in [6.07, 6.45) is -4.68. The molecule has 0 aliphatic rings. The van der Waals surface area contributed by atoms with E-state index in [4.69, 9.17) is 0 Å². The van der Waals surface area contributed by atoms with Crippen molar-refractivity contribution in [3.8, 4) is 0 Å². The molecule has 3 aromatic rings. The zero-order valence-electron chi connectivity index (χ0n) is 14.0. The van der Waals surface area contributed by atoms with Crippen LogP contribution in [-0.4, -0.2) is 10.9 Å². The van der Waals surface area contributed by atoms with Crippen LogP contribution in [0, 0.1) is 0 Å². The second kappa shape index (κ2) is 8.24. The summed E-state index contributed by atoms with van der Waals surface area (Å²) in [4.78, 5) is 27.6. The molecule has 0 spiro atoms.